The first-order chi connectivity index (χ1) is 7.45. The van der Waals surface area contributed by atoms with E-state index >= 15 is 0 Å². The molecular formula is C12H17NO3. The molecule has 4 nitrogen and oxygen atoms in total. The lowest BCUT2D eigenvalue weighted by atomic mass is 10.0. The minimum atomic E-state index is -1.12. The van der Waals surface area contributed by atoms with Crippen molar-refractivity contribution in [1.82, 2.24) is 4.57 Å². The van der Waals surface area contributed by atoms with Crippen molar-refractivity contribution in [3.05, 3.63) is 32.7 Å². The Labute approximate surface area is 95.0 Å². The van der Waals surface area contributed by atoms with Crippen molar-refractivity contribution in [2.24, 2.45) is 7.05 Å². The predicted molar refractivity (Wildman–Crippen MR) is 62.2 cm³/mol. The molecule has 0 spiro atoms. The Morgan fingerprint density at radius 3 is 2.38 bits per heavy atom. The van der Waals surface area contributed by atoms with Crippen LogP contribution in [0, 0.1) is 13.8 Å². The van der Waals surface area contributed by atoms with Crippen LogP contribution in [0.15, 0.2) is 4.79 Å². The molecule has 0 unspecified atom stereocenters. The summed E-state index contributed by atoms with van der Waals surface area (Å²) >= 11 is 0. The molecule has 4 heteroatoms. The van der Waals surface area contributed by atoms with Gasteiger partial charge in [-0.2, -0.15) is 0 Å². The van der Waals surface area contributed by atoms with E-state index in [1.165, 1.54) is 0 Å². The number of carboxylic acids is 1. The third kappa shape index (κ3) is 1.45. The summed E-state index contributed by atoms with van der Waals surface area (Å²) < 4.78 is 1.80. The average molecular weight is 223 g/mol. The second kappa shape index (κ2) is 3.47. The van der Waals surface area contributed by atoms with E-state index in [1.807, 2.05) is 14.0 Å². The maximum Gasteiger partial charge on any atom is 0.341 e. The highest BCUT2D eigenvalue weighted by Gasteiger charge is 2.31. The molecule has 1 saturated carbocycles. The molecule has 16 heavy (non-hydrogen) atoms. The topological polar surface area (TPSA) is 59.3 Å². The van der Waals surface area contributed by atoms with E-state index < -0.39 is 5.97 Å². The monoisotopic (exact) mass is 223 g/mol. The summed E-state index contributed by atoms with van der Waals surface area (Å²) in [6.07, 6.45) is 2.00. The molecular weight excluding hydrogens is 206 g/mol. The molecule has 0 aromatic carbocycles. The number of pyridine rings is 1. The maximum absolute atomic E-state index is 12.1. The van der Waals surface area contributed by atoms with Crippen LogP contribution in [-0.2, 0) is 7.05 Å². The molecule has 1 fully saturated rings. The van der Waals surface area contributed by atoms with Crippen molar-refractivity contribution in [2.45, 2.75) is 32.6 Å². The van der Waals surface area contributed by atoms with Gasteiger partial charge in [0, 0.05) is 25.4 Å². The largest absolute Gasteiger partial charge is 0.477 e. The fourth-order valence-electron chi connectivity index (χ4n) is 2.17. The van der Waals surface area contributed by atoms with Gasteiger partial charge >= 0.3 is 5.97 Å². The summed E-state index contributed by atoms with van der Waals surface area (Å²) in [7, 11) is 1.81. The first-order valence-corrected chi connectivity index (χ1v) is 5.38. The lowest BCUT2D eigenvalue weighted by Crippen LogP contribution is -2.26. The fraction of sp³-hybridized carbons (Fsp3) is 0.500. The van der Waals surface area contributed by atoms with Crippen molar-refractivity contribution in [1.29, 1.82) is 0 Å². The Morgan fingerprint density at radius 2 is 1.94 bits per heavy atom. The highest BCUT2D eigenvalue weighted by molar-refractivity contribution is 5.89. The average Bonchev–Trinajstić information content (AvgIpc) is 2.98. The zero-order valence-corrected chi connectivity index (χ0v) is 9.70. The Balaban J connectivity index is 0.00000144. The van der Waals surface area contributed by atoms with Crippen LogP contribution < -0.4 is 5.43 Å². The van der Waals surface area contributed by atoms with Crippen molar-refractivity contribution in [2.75, 3.05) is 0 Å². The molecule has 0 radical (unpaired) electrons. The van der Waals surface area contributed by atoms with Crippen molar-refractivity contribution in [3.8, 4) is 0 Å². The standard InChI is InChI=1S/C12H15NO3.H2/c1-6-9(8-4-5-8)11(14)10(12(15)16)7(2)13(6)3;/h8H,4-5H2,1-3H3,(H,15,16);1H. The van der Waals surface area contributed by atoms with Crippen LogP contribution in [0.1, 0.15) is 47.5 Å². The first-order valence-electron chi connectivity index (χ1n) is 5.38. The Morgan fingerprint density at radius 1 is 1.38 bits per heavy atom. The molecule has 1 aliphatic carbocycles. The van der Waals surface area contributed by atoms with Crippen LogP contribution in [0.4, 0.5) is 0 Å². The minimum Gasteiger partial charge on any atom is -0.477 e. The molecule has 1 N–H and O–H groups in total. The molecule has 0 atom stereocenters. The highest BCUT2D eigenvalue weighted by Crippen LogP contribution is 2.40. The van der Waals surface area contributed by atoms with Crippen LogP contribution in [0.5, 0.6) is 0 Å². The van der Waals surface area contributed by atoms with E-state index in [-0.39, 0.29) is 18.3 Å². The van der Waals surface area contributed by atoms with Crippen LogP contribution in [0.25, 0.3) is 0 Å². The van der Waals surface area contributed by atoms with E-state index in [1.54, 1.807) is 11.5 Å². The van der Waals surface area contributed by atoms with Crippen LogP contribution >= 0.6 is 0 Å². The summed E-state index contributed by atoms with van der Waals surface area (Å²) in [5.41, 5.74) is 1.76. The summed E-state index contributed by atoms with van der Waals surface area (Å²) in [5.74, 6) is -0.850. The van der Waals surface area contributed by atoms with E-state index in [2.05, 4.69) is 0 Å². The number of aromatic carboxylic acids is 1. The zero-order chi connectivity index (χ0) is 12.0. The van der Waals surface area contributed by atoms with Gasteiger partial charge in [-0.05, 0) is 32.6 Å². The molecule has 1 aromatic heterocycles. The van der Waals surface area contributed by atoms with E-state index in [0.29, 0.717) is 11.3 Å². The quantitative estimate of drug-likeness (QED) is 0.832. The molecule has 1 heterocycles. The summed E-state index contributed by atoms with van der Waals surface area (Å²) in [6, 6.07) is 0. The number of hydrogen-bond donors (Lipinski definition) is 1. The lowest BCUT2D eigenvalue weighted by molar-refractivity contribution is 0.0693. The summed E-state index contributed by atoms with van der Waals surface area (Å²) in [5, 5.41) is 9.08. The number of nitrogens with zero attached hydrogens (tertiary/aromatic N) is 1. The third-order valence-corrected chi connectivity index (χ3v) is 3.43. The second-order valence-corrected chi connectivity index (χ2v) is 4.43. The number of carboxylic acid groups (broad SMARTS) is 1. The number of aromatic nitrogens is 1. The Kier molecular flexibility index (Phi) is 2.37. The number of rotatable bonds is 2. The molecule has 88 valence electrons. The fourth-order valence-corrected chi connectivity index (χ4v) is 2.17. The van der Waals surface area contributed by atoms with Gasteiger partial charge in [0.1, 0.15) is 5.56 Å². The third-order valence-electron chi connectivity index (χ3n) is 3.43. The van der Waals surface area contributed by atoms with Crippen LogP contribution in [-0.4, -0.2) is 15.6 Å². The van der Waals surface area contributed by atoms with Gasteiger partial charge in [-0.15, -0.1) is 0 Å². The molecule has 0 saturated heterocycles. The van der Waals surface area contributed by atoms with Crippen LogP contribution in [0.3, 0.4) is 0 Å². The summed E-state index contributed by atoms with van der Waals surface area (Å²) in [6.45, 7) is 3.56. The molecule has 0 amide bonds. The molecule has 0 bridgehead atoms. The maximum atomic E-state index is 12.1. The second-order valence-electron chi connectivity index (χ2n) is 4.43. The first kappa shape index (κ1) is 10.9. The van der Waals surface area contributed by atoms with Gasteiger partial charge in [0.25, 0.3) is 0 Å². The van der Waals surface area contributed by atoms with Gasteiger partial charge in [-0.3, -0.25) is 4.79 Å². The Bertz CT molecular complexity index is 530. The molecule has 0 aliphatic heterocycles. The minimum absolute atomic E-state index is 0. The summed E-state index contributed by atoms with van der Waals surface area (Å²) in [4.78, 5) is 23.2. The normalized spacial score (nSPS) is 15.2. The van der Waals surface area contributed by atoms with Gasteiger partial charge in [-0.25, -0.2) is 4.79 Å². The van der Waals surface area contributed by atoms with Gasteiger partial charge in [0.2, 0.25) is 0 Å². The molecule has 1 aromatic rings. The van der Waals surface area contributed by atoms with E-state index in [4.69, 9.17) is 5.11 Å². The zero-order valence-electron chi connectivity index (χ0n) is 9.70. The number of hydrogen-bond acceptors (Lipinski definition) is 2. The Hall–Kier alpha value is -1.58. The van der Waals surface area contributed by atoms with E-state index in [0.717, 1.165) is 18.5 Å². The van der Waals surface area contributed by atoms with E-state index in [9.17, 15) is 9.59 Å². The van der Waals surface area contributed by atoms with Crippen molar-refractivity contribution in [3.63, 3.8) is 0 Å². The van der Waals surface area contributed by atoms with Crippen molar-refractivity contribution >= 4 is 5.97 Å². The van der Waals surface area contributed by atoms with Crippen molar-refractivity contribution < 1.29 is 11.3 Å². The highest BCUT2D eigenvalue weighted by atomic mass is 16.4. The molecule has 2 rings (SSSR count). The lowest BCUT2D eigenvalue weighted by Gasteiger charge is -2.15. The van der Waals surface area contributed by atoms with Gasteiger partial charge in [0.15, 0.2) is 5.43 Å². The van der Waals surface area contributed by atoms with Gasteiger partial charge in [0.05, 0.1) is 0 Å². The SMILES string of the molecule is Cc1c(C(=O)O)c(=O)c(C2CC2)c(C)n1C.[HH]. The predicted octanol–water partition coefficient (Wildman–Crippen LogP) is 1.82. The smallest absolute Gasteiger partial charge is 0.341 e. The van der Waals surface area contributed by atoms with Gasteiger partial charge < -0.3 is 9.67 Å². The number of carbonyl (C=O) groups is 1. The van der Waals surface area contributed by atoms with Crippen LogP contribution in [0.2, 0.25) is 0 Å². The van der Waals surface area contributed by atoms with Gasteiger partial charge in [-0.1, -0.05) is 0 Å². The molecule has 1 aliphatic rings.